The number of rotatable bonds is 3. The van der Waals surface area contributed by atoms with Crippen LogP contribution < -0.4 is 0 Å². The average molecular weight is 263 g/mol. The van der Waals surface area contributed by atoms with E-state index in [0.29, 0.717) is 13.1 Å². The van der Waals surface area contributed by atoms with Crippen molar-refractivity contribution in [1.82, 2.24) is 4.90 Å². The first-order chi connectivity index (χ1) is 9.04. The van der Waals surface area contributed by atoms with Crippen LogP contribution >= 0.6 is 0 Å². The summed E-state index contributed by atoms with van der Waals surface area (Å²) in [5.41, 5.74) is 2.04. The Morgan fingerprint density at radius 2 is 2.05 bits per heavy atom. The lowest BCUT2D eigenvalue weighted by molar-refractivity contribution is 0.0346. The van der Waals surface area contributed by atoms with E-state index < -0.39 is 6.09 Å². The predicted molar refractivity (Wildman–Crippen MR) is 73.2 cm³/mol. The second kappa shape index (κ2) is 5.61. The maximum Gasteiger partial charge on any atom is 0.407 e. The van der Waals surface area contributed by atoms with Gasteiger partial charge in [-0.2, -0.15) is 0 Å². The molecule has 0 aromatic heterocycles. The van der Waals surface area contributed by atoms with Crippen LogP contribution in [0.3, 0.4) is 0 Å². The lowest BCUT2D eigenvalue weighted by atomic mass is 9.76. The third kappa shape index (κ3) is 3.26. The van der Waals surface area contributed by atoms with Crippen molar-refractivity contribution in [2.24, 2.45) is 5.41 Å². The van der Waals surface area contributed by atoms with Crippen LogP contribution in [0.4, 0.5) is 4.79 Å². The Labute approximate surface area is 113 Å². The molecule has 0 radical (unpaired) electrons. The van der Waals surface area contributed by atoms with E-state index in [1.54, 1.807) is 0 Å². The van der Waals surface area contributed by atoms with Gasteiger partial charge in [0, 0.05) is 18.5 Å². The minimum atomic E-state index is -0.888. The van der Waals surface area contributed by atoms with Gasteiger partial charge in [0.1, 0.15) is 0 Å². The van der Waals surface area contributed by atoms with Crippen molar-refractivity contribution < 1.29 is 15.0 Å². The molecule has 4 heteroatoms. The van der Waals surface area contributed by atoms with Crippen LogP contribution in [0.2, 0.25) is 0 Å². The third-order valence-electron chi connectivity index (χ3n) is 3.97. The fraction of sp³-hybridized carbons (Fsp3) is 0.533. The van der Waals surface area contributed by atoms with Crippen LogP contribution in [0.15, 0.2) is 24.3 Å². The van der Waals surface area contributed by atoms with Crippen molar-refractivity contribution >= 4 is 6.09 Å². The van der Waals surface area contributed by atoms with E-state index in [1.807, 2.05) is 6.92 Å². The van der Waals surface area contributed by atoms with Gasteiger partial charge >= 0.3 is 6.09 Å². The first-order valence-electron chi connectivity index (χ1n) is 6.69. The summed E-state index contributed by atoms with van der Waals surface area (Å²) in [5.74, 6) is 0. The molecule has 1 aliphatic heterocycles. The van der Waals surface area contributed by atoms with Crippen LogP contribution in [0.5, 0.6) is 0 Å². The van der Waals surface area contributed by atoms with E-state index in [0.717, 1.165) is 24.8 Å². The topological polar surface area (TPSA) is 60.8 Å². The highest BCUT2D eigenvalue weighted by molar-refractivity contribution is 5.65. The van der Waals surface area contributed by atoms with Crippen molar-refractivity contribution in [3.8, 4) is 0 Å². The molecule has 1 aliphatic rings. The molecule has 1 amide bonds. The number of likely N-dealkylation sites (tertiary alicyclic amines) is 1. The number of nitrogens with zero attached hydrogens (tertiary/aromatic N) is 1. The van der Waals surface area contributed by atoms with Gasteiger partial charge in [-0.3, -0.25) is 0 Å². The molecule has 1 fully saturated rings. The molecule has 19 heavy (non-hydrogen) atoms. The number of amides is 1. The van der Waals surface area contributed by atoms with Crippen LogP contribution in [-0.4, -0.2) is 40.9 Å². The van der Waals surface area contributed by atoms with Crippen LogP contribution in [-0.2, 0) is 6.42 Å². The summed E-state index contributed by atoms with van der Waals surface area (Å²) < 4.78 is 0. The zero-order valence-electron chi connectivity index (χ0n) is 11.3. The number of carbonyl (C=O) groups is 1. The van der Waals surface area contributed by atoms with Gasteiger partial charge in [-0.1, -0.05) is 29.8 Å². The SMILES string of the molecule is Cc1ccc(CC2(CO)CCCN(C(=O)O)C2)cc1. The zero-order valence-corrected chi connectivity index (χ0v) is 11.3. The maximum atomic E-state index is 11.1. The van der Waals surface area contributed by atoms with E-state index in [4.69, 9.17) is 5.11 Å². The fourth-order valence-corrected chi connectivity index (χ4v) is 2.84. The monoisotopic (exact) mass is 263 g/mol. The first-order valence-corrected chi connectivity index (χ1v) is 6.69. The molecular formula is C15H21NO3. The van der Waals surface area contributed by atoms with Crippen molar-refractivity contribution in [1.29, 1.82) is 0 Å². The van der Waals surface area contributed by atoms with Gasteiger partial charge in [-0.05, 0) is 31.7 Å². The predicted octanol–water partition coefficient (Wildman–Crippen LogP) is 2.29. The standard InChI is InChI=1S/C15H21NO3/c1-12-3-5-13(6-4-12)9-15(11-17)7-2-8-16(10-15)14(18)19/h3-6,17H,2,7-11H2,1H3,(H,18,19). The van der Waals surface area contributed by atoms with E-state index >= 15 is 0 Å². The van der Waals surface area contributed by atoms with Crippen molar-refractivity contribution in [3.05, 3.63) is 35.4 Å². The van der Waals surface area contributed by atoms with Gasteiger partial charge in [0.15, 0.2) is 0 Å². The Bertz CT molecular complexity index is 443. The molecule has 1 atom stereocenters. The molecule has 2 rings (SSSR count). The third-order valence-corrected chi connectivity index (χ3v) is 3.97. The summed E-state index contributed by atoms with van der Waals surface area (Å²) in [6.07, 6.45) is 1.54. The quantitative estimate of drug-likeness (QED) is 0.879. The molecule has 2 N–H and O–H groups in total. The Hall–Kier alpha value is -1.55. The van der Waals surface area contributed by atoms with Crippen molar-refractivity contribution in [2.45, 2.75) is 26.2 Å². The lowest BCUT2D eigenvalue weighted by Crippen LogP contribution is -2.48. The maximum absolute atomic E-state index is 11.1. The molecule has 1 aromatic rings. The lowest BCUT2D eigenvalue weighted by Gasteiger charge is -2.40. The Kier molecular flexibility index (Phi) is 4.10. The summed E-state index contributed by atoms with van der Waals surface area (Å²) in [7, 11) is 0. The molecular weight excluding hydrogens is 242 g/mol. The summed E-state index contributed by atoms with van der Waals surface area (Å²) in [6.45, 7) is 3.07. The van der Waals surface area contributed by atoms with Gasteiger partial charge in [-0.25, -0.2) is 4.79 Å². The molecule has 4 nitrogen and oxygen atoms in total. The Morgan fingerprint density at radius 3 is 2.63 bits per heavy atom. The highest BCUT2D eigenvalue weighted by Crippen LogP contribution is 2.33. The zero-order chi connectivity index (χ0) is 13.9. The molecule has 0 bridgehead atoms. The molecule has 1 saturated heterocycles. The second-order valence-corrected chi connectivity index (χ2v) is 5.63. The average Bonchev–Trinajstić information content (AvgIpc) is 2.42. The number of aryl methyl sites for hydroxylation is 1. The van der Waals surface area contributed by atoms with Crippen molar-refractivity contribution in [2.75, 3.05) is 19.7 Å². The number of hydrogen-bond acceptors (Lipinski definition) is 2. The number of aliphatic hydroxyl groups is 1. The molecule has 104 valence electrons. The summed E-state index contributed by atoms with van der Waals surface area (Å²) >= 11 is 0. The smallest absolute Gasteiger partial charge is 0.407 e. The van der Waals surface area contributed by atoms with Gasteiger partial charge in [0.25, 0.3) is 0 Å². The molecule has 1 unspecified atom stereocenters. The fourth-order valence-electron chi connectivity index (χ4n) is 2.84. The van der Waals surface area contributed by atoms with E-state index in [1.165, 1.54) is 10.5 Å². The van der Waals surface area contributed by atoms with Crippen LogP contribution in [0, 0.1) is 12.3 Å². The van der Waals surface area contributed by atoms with Crippen LogP contribution in [0.1, 0.15) is 24.0 Å². The Morgan fingerprint density at radius 1 is 1.37 bits per heavy atom. The van der Waals surface area contributed by atoms with Gasteiger partial charge < -0.3 is 15.1 Å². The minimum Gasteiger partial charge on any atom is -0.465 e. The molecule has 0 saturated carbocycles. The highest BCUT2D eigenvalue weighted by atomic mass is 16.4. The minimum absolute atomic E-state index is 0.0324. The largest absolute Gasteiger partial charge is 0.465 e. The van der Waals surface area contributed by atoms with Crippen molar-refractivity contribution in [3.63, 3.8) is 0 Å². The molecule has 0 spiro atoms. The molecule has 1 aromatic carbocycles. The summed E-state index contributed by atoms with van der Waals surface area (Å²) in [5, 5.41) is 18.9. The molecule has 0 aliphatic carbocycles. The van der Waals surface area contributed by atoms with E-state index in [9.17, 15) is 9.90 Å². The first kappa shape index (κ1) is 13.9. The molecule has 1 heterocycles. The van der Waals surface area contributed by atoms with Gasteiger partial charge in [0.05, 0.1) is 6.61 Å². The van der Waals surface area contributed by atoms with E-state index in [2.05, 4.69) is 24.3 Å². The van der Waals surface area contributed by atoms with Crippen LogP contribution in [0.25, 0.3) is 0 Å². The Balaban J connectivity index is 2.13. The van der Waals surface area contributed by atoms with Gasteiger partial charge in [0.2, 0.25) is 0 Å². The second-order valence-electron chi connectivity index (χ2n) is 5.63. The number of carboxylic acid groups (broad SMARTS) is 1. The number of benzene rings is 1. The summed E-state index contributed by atoms with van der Waals surface area (Å²) in [6, 6.07) is 8.23. The summed E-state index contributed by atoms with van der Waals surface area (Å²) in [4.78, 5) is 12.5. The number of piperidine rings is 1. The van der Waals surface area contributed by atoms with E-state index in [-0.39, 0.29) is 12.0 Å². The van der Waals surface area contributed by atoms with Gasteiger partial charge in [-0.15, -0.1) is 0 Å². The number of aliphatic hydroxyl groups excluding tert-OH is 1. The number of hydrogen-bond donors (Lipinski definition) is 2. The normalized spacial score (nSPS) is 23.4. The highest BCUT2D eigenvalue weighted by Gasteiger charge is 2.36.